The second-order valence-electron chi connectivity index (χ2n) is 6.69. The van der Waals surface area contributed by atoms with Crippen LogP contribution < -0.4 is 4.74 Å². The van der Waals surface area contributed by atoms with Crippen LogP contribution in [0.15, 0.2) is 48.8 Å². The van der Waals surface area contributed by atoms with E-state index < -0.39 is 12.1 Å². The molecular weight excluding hydrogens is 358 g/mol. The maximum Gasteiger partial charge on any atom is 0.415 e. The molecule has 0 N–H and O–H groups in total. The molecule has 7 nitrogen and oxygen atoms in total. The van der Waals surface area contributed by atoms with Gasteiger partial charge < -0.3 is 19.3 Å². The minimum absolute atomic E-state index is 0.234. The molecule has 148 valence electrons. The van der Waals surface area contributed by atoms with Crippen LogP contribution in [-0.2, 0) is 11.2 Å². The molecule has 0 spiro atoms. The van der Waals surface area contributed by atoms with E-state index in [1.807, 2.05) is 6.07 Å². The number of ether oxygens (including phenoxy) is 2. The first kappa shape index (κ1) is 19.8. The first-order valence-electron chi connectivity index (χ1n) is 9.42. The lowest BCUT2D eigenvalue weighted by Gasteiger charge is -2.21. The molecule has 1 aromatic carbocycles. The highest BCUT2D eigenvalue weighted by atomic mass is 16.6. The Bertz CT molecular complexity index is 797. The quantitative estimate of drug-likeness (QED) is 0.739. The van der Waals surface area contributed by atoms with Crippen molar-refractivity contribution in [3.63, 3.8) is 0 Å². The summed E-state index contributed by atoms with van der Waals surface area (Å²) in [5.74, 6) is -0.285. The number of rotatable bonds is 5. The van der Waals surface area contributed by atoms with E-state index >= 15 is 0 Å². The maximum absolute atomic E-state index is 12.5. The third-order valence-corrected chi connectivity index (χ3v) is 4.75. The van der Waals surface area contributed by atoms with Crippen LogP contribution in [-0.4, -0.2) is 66.7 Å². The number of carbonyl (C=O) groups excluding carboxylic acids is 2. The molecule has 1 aliphatic rings. The zero-order chi connectivity index (χ0) is 19.8. The summed E-state index contributed by atoms with van der Waals surface area (Å²) in [5, 5.41) is 0. The van der Waals surface area contributed by atoms with E-state index in [4.69, 9.17) is 4.74 Å². The van der Waals surface area contributed by atoms with Gasteiger partial charge in [0.15, 0.2) is 5.75 Å². The van der Waals surface area contributed by atoms with Crippen LogP contribution in [0.25, 0.3) is 0 Å². The van der Waals surface area contributed by atoms with Gasteiger partial charge in [0.1, 0.15) is 0 Å². The molecule has 0 atom stereocenters. The van der Waals surface area contributed by atoms with E-state index in [2.05, 4.69) is 38.9 Å². The summed E-state index contributed by atoms with van der Waals surface area (Å²) >= 11 is 0. The fourth-order valence-electron chi connectivity index (χ4n) is 3.18. The molecule has 1 aliphatic heterocycles. The predicted molar refractivity (Wildman–Crippen MR) is 104 cm³/mol. The number of pyridine rings is 1. The molecular formula is C21H25N3O4. The summed E-state index contributed by atoms with van der Waals surface area (Å²) in [5.41, 5.74) is 1.57. The molecule has 0 unspecified atom stereocenters. The van der Waals surface area contributed by atoms with E-state index in [1.165, 1.54) is 31.1 Å². The maximum atomic E-state index is 12.5. The molecule has 2 aromatic rings. The van der Waals surface area contributed by atoms with Gasteiger partial charge in [0.25, 0.3) is 0 Å². The van der Waals surface area contributed by atoms with Crippen LogP contribution in [0.5, 0.6) is 5.75 Å². The normalized spacial score (nSPS) is 15.0. The van der Waals surface area contributed by atoms with Gasteiger partial charge in [-0.1, -0.05) is 30.3 Å². The van der Waals surface area contributed by atoms with Crippen LogP contribution in [0.3, 0.4) is 0 Å². The van der Waals surface area contributed by atoms with Crippen molar-refractivity contribution in [2.45, 2.75) is 12.8 Å². The number of esters is 1. The average molecular weight is 383 g/mol. The number of aromatic nitrogens is 1. The van der Waals surface area contributed by atoms with Crippen LogP contribution in [0, 0.1) is 0 Å². The van der Waals surface area contributed by atoms with Crippen molar-refractivity contribution in [1.29, 1.82) is 0 Å². The zero-order valence-corrected chi connectivity index (χ0v) is 16.0. The largest absolute Gasteiger partial charge is 0.465 e. The Morgan fingerprint density at radius 3 is 2.68 bits per heavy atom. The minimum Gasteiger partial charge on any atom is -0.465 e. The second-order valence-corrected chi connectivity index (χ2v) is 6.69. The average Bonchev–Trinajstić information content (AvgIpc) is 2.98. The van der Waals surface area contributed by atoms with Crippen LogP contribution in [0.4, 0.5) is 4.79 Å². The number of nitrogens with zero attached hydrogens (tertiary/aromatic N) is 3. The molecule has 0 radical (unpaired) electrons. The van der Waals surface area contributed by atoms with E-state index in [9.17, 15) is 9.59 Å². The number of carbonyl (C=O) groups is 2. The summed E-state index contributed by atoms with van der Waals surface area (Å²) < 4.78 is 10.1. The van der Waals surface area contributed by atoms with Crippen molar-refractivity contribution >= 4 is 12.1 Å². The molecule has 0 aliphatic carbocycles. The number of methoxy groups -OCH3 is 1. The van der Waals surface area contributed by atoms with E-state index in [0.717, 1.165) is 32.5 Å². The second kappa shape index (κ2) is 9.85. The molecule has 1 amide bonds. The summed E-state index contributed by atoms with van der Waals surface area (Å²) in [6, 6.07) is 11.9. The van der Waals surface area contributed by atoms with Crippen LogP contribution in [0.2, 0.25) is 0 Å². The Morgan fingerprint density at radius 1 is 1.07 bits per heavy atom. The fraction of sp³-hybridized carbons (Fsp3) is 0.381. The number of benzene rings is 1. The Morgan fingerprint density at radius 2 is 1.89 bits per heavy atom. The van der Waals surface area contributed by atoms with Crippen LogP contribution in [0.1, 0.15) is 22.3 Å². The Hall–Kier alpha value is -2.93. The highest BCUT2D eigenvalue weighted by Crippen LogP contribution is 2.14. The third-order valence-electron chi connectivity index (χ3n) is 4.75. The van der Waals surface area contributed by atoms with Gasteiger partial charge in [0.05, 0.1) is 18.9 Å². The zero-order valence-electron chi connectivity index (χ0n) is 16.0. The molecule has 1 fully saturated rings. The Labute approximate surface area is 164 Å². The van der Waals surface area contributed by atoms with Gasteiger partial charge in [0, 0.05) is 32.4 Å². The van der Waals surface area contributed by atoms with Crippen molar-refractivity contribution in [1.82, 2.24) is 14.8 Å². The van der Waals surface area contributed by atoms with Crippen molar-refractivity contribution in [2.75, 3.05) is 39.8 Å². The van der Waals surface area contributed by atoms with Gasteiger partial charge in [-0.15, -0.1) is 0 Å². The molecule has 3 rings (SSSR count). The lowest BCUT2D eigenvalue weighted by molar-refractivity contribution is 0.0599. The molecule has 2 heterocycles. The fourth-order valence-corrected chi connectivity index (χ4v) is 3.18. The molecule has 0 bridgehead atoms. The third kappa shape index (κ3) is 5.53. The van der Waals surface area contributed by atoms with E-state index in [0.29, 0.717) is 13.1 Å². The smallest absolute Gasteiger partial charge is 0.415 e. The molecule has 1 saturated heterocycles. The number of hydrogen-bond donors (Lipinski definition) is 0. The van der Waals surface area contributed by atoms with Gasteiger partial charge in [-0.3, -0.25) is 4.98 Å². The highest BCUT2D eigenvalue weighted by molar-refractivity contribution is 5.89. The first-order chi connectivity index (χ1) is 13.7. The van der Waals surface area contributed by atoms with Gasteiger partial charge in [-0.05, 0) is 31.0 Å². The van der Waals surface area contributed by atoms with Crippen LogP contribution >= 0.6 is 0 Å². The first-order valence-corrected chi connectivity index (χ1v) is 9.42. The molecule has 0 saturated carbocycles. The summed E-state index contributed by atoms with van der Waals surface area (Å²) in [6.07, 6.45) is 4.25. The Balaban J connectivity index is 1.51. The highest BCUT2D eigenvalue weighted by Gasteiger charge is 2.21. The number of amides is 1. The van der Waals surface area contributed by atoms with Crippen molar-refractivity contribution < 1.29 is 19.1 Å². The van der Waals surface area contributed by atoms with E-state index in [1.54, 1.807) is 4.90 Å². The standard InChI is InChI=1S/C21H25N3O4/c1-27-20(25)18-14-19(16-22-15-18)28-21(26)24-10-5-9-23(12-13-24)11-8-17-6-3-2-4-7-17/h2-4,6-7,14-16H,5,8-13H2,1H3. The van der Waals surface area contributed by atoms with Gasteiger partial charge in [-0.25, -0.2) is 9.59 Å². The van der Waals surface area contributed by atoms with Crippen molar-refractivity contribution in [3.05, 3.63) is 59.9 Å². The number of hydrogen-bond acceptors (Lipinski definition) is 6. The topological polar surface area (TPSA) is 72.0 Å². The van der Waals surface area contributed by atoms with E-state index in [-0.39, 0.29) is 11.3 Å². The van der Waals surface area contributed by atoms with Crippen molar-refractivity contribution in [3.8, 4) is 5.75 Å². The monoisotopic (exact) mass is 383 g/mol. The lowest BCUT2D eigenvalue weighted by Crippen LogP contribution is -2.37. The summed E-state index contributed by atoms with van der Waals surface area (Å²) in [4.78, 5) is 32.1. The minimum atomic E-state index is -0.519. The summed E-state index contributed by atoms with van der Waals surface area (Å²) in [7, 11) is 1.29. The molecule has 1 aromatic heterocycles. The van der Waals surface area contributed by atoms with Gasteiger partial charge >= 0.3 is 12.1 Å². The summed E-state index contributed by atoms with van der Waals surface area (Å²) in [6.45, 7) is 3.99. The van der Waals surface area contributed by atoms with Gasteiger partial charge in [0.2, 0.25) is 0 Å². The molecule has 28 heavy (non-hydrogen) atoms. The molecule has 7 heteroatoms. The van der Waals surface area contributed by atoms with Gasteiger partial charge in [-0.2, -0.15) is 0 Å². The predicted octanol–water partition coefficient (Wildman–Crippen LogP) is 2.62. The van der Waals surface area contributed by atoms with Crippen molar-refractivity contribution in [2.24, 2.45) is 0 Å². The lowest BCUT2D eigenvalue weighted by atomic mass is 10.1. The SMILES string of the molecule is COC(=O)c1cncc(OC(=O)N2CCCN(CCc3ccccc3)CC2)c1. The Kier molecular flexibility index (Phi) is 6.97.